The lowest BCUT2D eigenvalue weighted by Crippen LogP contribution is -2.14. The lowest BCUT2D eigenvalue weighted by molar-refractivity contribution is 0.102. The van der Waals surface area contributed by atoms with Crippen LogP contribution in [0.5, 0.6) is 5.75 Å². The minimum Gasteiger partial charge on any atom is -0.497 e. The predicted octanol–water partition coefficient (Wildman–Crippen LogP) is 3.79. The Kier molecular flexibility index (Phi) is 4.89. The minimum atomic E-state index is -0.316. The molecule has 0 saturated carbocycles. The number of carbonyl (C=O) groups is 1. The van der Waals surface area contributed by atoms with Crippen LogP contribution in [0.2, 0.25) is 0 Å². The van der Waals surface area contributed by atoms with Crippen molar-refractivity contribution in [2.75, 3.05) is 17.7 Å². The molecule has 0 saturated heterocycles. The zero-order valence-corrected chi connectivity index (χ0v) is 14.0. The molecule has 0 fully saturated rings. The SMILES string of the molecule is COc1cccc(NC(=O)c2ccnc(Nc3ccccc3C)n2)c1. The number of amides is 1. The Balaban J connectivity index is 1.76. The molecule has 1 aromatic heterocycles. The van der Waals surface area contributed by atoms with E-state index in [0.717, 1.165) is 11.3 Å². The highest BCUT2D eigenvalue weighted by atomic mass is 16.5. The third-order valence-corrected chi connectivity index (χ3v) is 3.61. The summed E-state index contributed by atoms with van der Waals surface area (Å²) in [6.45, 7) is 1.99. The molecule has 1 heterocycles. The Bertz CT molecular complexity index is 896. The maximum atomic E-state index is 12.4. The number of nitrogens with one attached hydrogen (secondary N) is 2. The highest BCUT2D eigenvalue weighted by Crippen LogP contribution is 2.19. The molecule has 3 aromatic rings. The lowest BCUT2D eigenvalue weighted by atomic mass is 10.2. The fourth-order valence-corrected chi connectivity index (χ4v) is 2.27. The van der Waals surface area contributed by atoms with Gasteiger partial charge in [0, 0.05) is 23.6 Å². The fraction of sp³-hybridized carbons (Fsp3) is 0.105. The molecule has 0 bridgehead atoms. The number of hydrogen-bond donors (Lipinski definition) is 2. The monoisotopic (exact) mass is 334 g/mol. The van der Waals surface area contributed by atoms with Crippen LogP contribution in [0.25, 0.3) is 0 Å². The molecule has 1 amide bonds. The molecule has 2 aromatic carbocycles. The second-order valence-corrected chi connectivity index (χ2v) is 5.39. The largest absolute Gasteiger partial charge is 0.497 e. The lowest BCUT2D eigenvalue weighted by Gasteiger charge is -2.09. The average Bonchev–Trinajstić information content (AvgIpc) is 2.64. The molecular formula is C19H18N4O2. The molecule has 0 spiro atoms. The van der Waals surface area contributed by atoms with Gasteiger partial charge in [-0.05, 0) is 36.8 Å². The van der Waals surface area contributed by atoms with Crippen LogP contribution >= 0.6 is 0 Å². The van der Waals surface area contributed by atoms with E-state index in [4.69, 9.17) is 4.74 Å². The van der Waals surface area contributed by atoms with E-state index >= 15 is 0 Å². The molecule has 25 heavy (non-hydrogen) atoms. The Morgan fingerprint density at radius 3 is 2.72 bits per heavy atom. The van der Waals surface area contributed by atoms with Gasteiger partial charge in [-0.1, -0.05) is 24.3 Å². The Hall–Kier alpha value is -3.41. The minimum absolute atomic E-state index is 0.272. The standard InChI is InChI=1S/C19H18N4O2/c1-13-6-3-4-9-16(13)22-19-20-11-10-17(23-19)18(24)21-14-7-5-8-15(12-14)25-2/h3-12H,1-2H3,(H,21,24)(H,20,22,23). The van der Waals surface area contributed by atoms with Crippen molar-refractivity contribution in [2.45, 2.75) is 6.92 Å². The van der Waals surface area contributed by atoms with Gasteiger partial charge in [0.15, 0.2) is 0 Å². The molecule has 0 atom stereocenters. The van der Waals surface area contributed by atoms with Crippen LogP contribution in [0.3, 0.4) is 0 Å². The average molecular weight is 334 g/mol. The van der Waals surface area contributed by atoms with Crippen LogP contribution in [-0.2, 0) is 0 Å². The first-order valence-electron chi connectivity index (χ1n) is 7.77. The molecule has 2 N–H and O–H groups in total. The molecule has 0 aliphatic heterocycles. The first kappa shape index (κ1) is 16.4. The van der Waals surface area contributed by atoms with Gasteiger partial charge in [-0.15, -0.1) is 0 Å². The van der Waals surface area contributed by atoms with Crippen molar-refractivity contribution in [3.8, 4) is 5.75 Å². The highest BCUT2D eigenvalue weighted by molar-refractivity contribution is 6.03. The van der Waals surface area contributed by atoms with E-state index in [1.54, 1.807) is 37.6 Å². The van der Waals surface area contributed by atoms with Gasteiger partial charge in [-0.2, -0.15) is 0 Å². The van der Waals surface area contributed by atoms with E-state index in [2.05, 4.69) is 20.6 Å². The van der Waals surface area contributed by atoms with Crippen molar-refractivity contribution in [1.82, 2.24) is 9.97 Å². The second kappa shape index (κ2) is 7.44. The fourth-order valence-electron chi connectivity index (χ4n) is 2.27. The van der Waals surface area contributed by atoms with Gasteiger partial charge in [0.1, 0.15) is 11.4 Å². The van der Waals surface area contributed by atoms with Crippen molar-refractivity contribution in [3.05, 3.63) is 72.1 Å². The summed E-state index contributed by atoms with van der Waals surface area (Å²) in [7, 11) is 1.58. The number of methoxy groups -OCH3 is 1. The van der Waals surface area contributed by atoms with Gasteiger partial charge >= 0.3 is 0 Å². The van der Waals surface area contributed by atoms with Crippen LogP contribution in [0, 0.1) is 6.92 Å². The summed E-state index contributed by atoms with van der Waals surface area (Å²) in [5, 5.41) is 5.93. The van der Waals surface area contributed by atoms with E-state index in [-0.39, 0.29) is 11.6 Å². The summed E-state index contributed by atoms with van der Waals surface area (Å²) in [5.41, 5.74) is 2.87. The van der Waals surface area contributed by atoms with Gasteiger partial charge in [-0.3, -0.25) is 4.79 Å². The number of aryl methyl sites for hydroxylation is 1. The maximum absolute atomic E-state index is 12.4. The Labute approximate surface area is 145 Å². The van der Waals surface area contributed by atoms with Crippen molar-refractivity contribution < 1.29 is 9.53 Å². The smallest absolute Gasteiger partial charge is 0.274 e. The third kappa shape index (κ3) is 4.11. The number of hydrogen-bond acceptors (Lipinski definition) is 5. The highest BCUT2D eigenvalue weighted by Gasteiger charge is 2.10. The quantitative estimate of drug-likeness (QED) is 0.742. The van der Waals surface area contributed by atoms with Crippen LogP contribution in [0.15, 0.2) is 60.8 Å². The third-order valence-electron chi connectivity index (χ3n) is 3.61. The second-order valence-electron chi connectivity index (χ2n) is 5.39. The molecule has 0 aliphatic carbocycles. The van der Waals surface area contributed by atoms with E-state index in [1.807, 2.05) is 37.3 Å². The van der Waals surface area contributed by atoms with Gasteiger partial charge in [0.25, 0.3) is 5.91 Å². The molecule has 126 valence electrons. The number of para-hydroxylation sites is 1. The number of aromatic nitrogens is 2. The summed E-state index contributed by atoms with van der Waals surface area (Å²) in [5.74, 6) is 0.721. The molecule has 0 unspecified atom stereocenters. The van der Waals surface area contributed by atoms with Crippen LogP contribution in [0.4, 0.5) is 17.3 Å². The molecule has 3 rings (SSSR count). The molecular weight excluding hydrogens is 316 g/mol. The maximum Gasteiger partial charge on any atom is 0.274 e. The van der Waals surface area contributed by atoms with Crippen molar-refractivity contribution >= 4 is 23.2 Å². The summed E-state index contributed by atoms with van der Waals surface area (Å²) in [4.78, 5) is 20.9. The van der Waals surface area contributed by atoms with E-state index in [0.29, 0.717) is 17.4 Å². The summed E-state index contributed by atoms with van der Waals surface area (Å²) < 4.78 is 5.15. The van der Waals surface area contributed by atoms with Gasteiger partial charge in [0.05, 0.1) is 7.11 Å². The van der Waals surface area contributed by atoms with Crippen LogP contribution < -0.4 is 15.4 Å². The number of ether oxygens (including phenoxy) is 1. The van der Waals surface area contributed by atoms with E-state index in [1.165, 1.54) is 0 Å². The molecule has 0 radical (unpaired) electrons. The number of nitrogens with zero attached hydrogens (tertiary/aromatic N) is 2. The first-order chi connectivity index (χ1) is 12.2. The number of anilines is 3. The summed E-state index contributed by atoms with van der Waals surface area (Å²) in [6, 6.07) is 16.5. The topological polar surface area (TPSA) is 76.1 Å². The normalized spacial score (nSPS) is 10.2. The predicted molar refractivity (Wildman–Crippen MR) is 97.4 cm³/mol. The zero-order valence-electron chi connectivity index (χ0n) is 14.0. The number of benzene rings is 2. The van der Waals surface area contributed by atoms with Gasteiger partial charge in [0.2, 0.25) is 5.95 Å². The van der Waals surface area contributed by atoms with Crippen molar-refractivity contribution in [1.29, 1.82) is 0 Å². The Morgan fingerprint density at radius 1 is 1.08 bits per heavy atom. The van der Waals surface area contributed by atoms with Crippen molar-refractivity contribution in [2.24, 2.45) is 0 Å². The van der Waals surface area contributed by atoms with Crippen LogP contribution in [0.1, 0.15) is 16.1 Å². The van der Waals surface area contributed by atoms with Gasteiger partial charge < -0.3 is 15.4 Å². The zero-order chi connectivity index (χ0) is 17.6. The Morgan fingerprint density at radius 2 is 1.92 bits per heavy atom. The number of carbonyl (C=O) groups excluding carboxylic acids is 1. The number of rotatable bonds is 5. The van der Waals surface area contributed by atoms with Crippen molar-refractivity contribution in [3.63, 3.8) is 0 Å². The molecule has 0 aliphatic rings. The summed E-state index contributed by atoms with van der Waals surface area (Å²) in [6.07, 6.45) is 1.55. The van der Waals surface area contributed by atoms with Gasteiger partial charge in [-0.25, -0.2) is 9.97 Å². The van der Waals surface area contributed by atoms with Crippen LogP contribution in [-0.4, -0.2) is 23.0 Å². The van der Waals surface area contributed by atoms with E-state index < -0.39 is 0 Å². The molecule has 6 nitrogen and oxygen atoms in total. The summed E-state index contributed by atoms with van der Waals surface area (Å²) >= 11 is 0. The first-order valence-corrected chi connectivity index (χ1v) is 7.77. The molecule has 6 heteroatoms. The van der Waals surface area contributed by atoms with E-state index in [9.17, 15) is 4.79 Å².